The quantitative estimate of drug-likeness (QED) is 0.694. The van der Waals surface area contributed by atoms with E-state index in [1.807, 2.05) is 0 Å². The molecule has 0 fully saturated rings. The summed E-state index contributed by atoms with van der Waals surface area (Å²) >= 11 is 1.19. The Hall–Kier alpha value is -3.13. The standard InChI is InChI=1S/C19H13F2NO4S/c20-12-1-3-14(21)15(6-12)22-19(23)18-5-11(9-27-18)8-24-13-2-4-16-17(7-13)26-10-25-16/h1-7,9H,8,10H2,(H,22,23). The Morgan fingerprint density at radius 1 is 1.11 bits per heavy atom. The Morgan fingerprint density at radius 2 is 1.96 bits per heavy atom. The molecule has 8 heteroatoms. The van der Waals surface area contributed by atoms with Crippen LogP contribution in [0, 0.1) is 11.6 Å². The van der Waals surface area contributed by atoms with Crippen LogP contribution in [-0.4, -0.2) is 12.7 Å². The number of carbonyl (C=O) groups excluding carboxylic acids is 1. The van der Waals surface area contributed by atoms with E-state index in [9.17, 15) is 13.6 Å². The van der Waals surface area contributed by atoms with E-state index in [0.29, 0.717) is 22.1 Å². The van der Waals surface area contributed by atoms with Crippen molar-refractivity contribution in [3.8, 4) is 17.2 Å². The number of ether oxygens (including phenoxy) is 3. The first kappa shape index (κ1) is 17.3. The number of rotatable bonds is 5. The number of hydrogen-bond donors (Lipinski definition) is 1. The van der Waals surface area contributed by atoms with Gasteiger partial charge in [-0.3, -0.25) is 4.79 Å². The van der Waals surface area contributed by atoms with E-state index in [4.69, 9.17) is 14.2 Å². The van der Waals surface area contributed by atoms with Crippen LogP contribution in [0.4, 0.5) is 14.5 Å². The lowest BCUT2D eigenvalue weighted by Gasteiger charge is -2.06. The van der Waals surface area contributed by atoms with Crippen molar-refractivity contribution in [3.63, 3.8) is 0 Å². The van der Waals surface area contributed by atoms with Crippen molar-refractivity contribution in [1.29, 1.82) is 0 Å². The molecule has 4 rings (SSSR count). The molecule has 0 unspecified atom stereocenters. The zero-order valence-corrected chi connectivity index (χ0v) is 14.6. The summed E-state index contributed by atoms with van der Waals surface area (Å²) in [4.78, 5) is 12.6. The van der Waals surface area contributed by atoms with Crippen LogP contribution in [0.1, 0.15) is 15.2 Å². The molecule has 2 aromatic carbocycles. The molecular weight excluding hydrogens is 376 g/mol. The maximum absolute atomic E-state index is 13.6. The molecule has 2 heterocycles. The highest BCUT2D eigenvalue weighted by Crippen LogP contribution is 2.35. The molecule has 3 aromatic rings. The zero-order valence-electron chi connectivity index (χ0n) is 13.8. The Bertz CT molecular complexity index is 1010. The molecule has 0 atom stereocenters. The van der Waals surface area contributed by atoms with Crippen LogP contribution in [0.3, 0.4) is 0 Å². The van der Waals surface area contributed by atoms with Crippen molar-refractivity contribution in [2.45, 2.75) is 6.61 Å². The van der Waals surface area contributed by atoms with E-state index in [1.54, 1.807) is 29.6 Å². The van der Waals surface area contributed by atoms with Gasteiger partial charge in [-0.15, -0.1) is 11.3 Å². The predicted octanol–water partition coefficient (Wildman–Crippen LogP) is 4.59. The average molecular weight is 389 g/mol. The van der Waals surface area contributed by atoms with Gasteiger partial charge in [0.05, 0.1) is 10.6 Å². The second-order valence-corrected chi connectivity index (χ2v) is 6.61. The molecule has 1 N–H and O–H groups in total. The van der Waals surface area contributed by atoms with Crippen molar-refractivity contribution in [1.82, 2.24) is 0 Å². The topological polar surface area (TPSA) is 56.8 Å². The van der Waals surface area contributed by atoms with Gasteiger partial charge in [-0.05, 0) is 35.7 Å². The lowest BCUT2D eigenvalue weighted by molar-refractivity contribution is 0.103. The van der Waals surface area contributed by atoms with Crippen LogP contribution in [-0.2, 0) is 6.61 Å². The molecule has 0 saturated heterocycles. The van der Waals surface area contributed by atoms with Gasteiger partial charge >= 0.3 is 0 Å². The third-order valence-corrected chi connectivity index (χ3v) is 4.78. The first-order valence-electron chi connectivity index (χ1n) is 7.95. The summed E-state index contributed by atoms with van der Waals surface area (Å²) < 4.78 is 43.1. The van der Waals surface area contributed by atoms with Gasteiger partial charge in [0.1, 0.15) is 24.0 Å². The molecule has 138 valence electrons. The summed E-state index contributed by atoms with van der Waals surface area (Å²) in [6, 6.07) is 9.79. The number of carbonyl (C=O) groups is 1. The zero-order chi connectivity index (χ0) is 18.8. The largest absolute Gasteiger partial charge is 0.489 e. The van der Waals surface area contributed by atoms with Crippen molar-refractivity contribution in [2.24, 2.45) is 0 Å². The monoisotopic (exact) mass is 389 g/mol. The fraction of sp³-hybridized carbons (Fsp3) is 0.105. The number of thiophene rings is 1. The van der Waals surface area contributed by atoms with Crippen molar-refractivity contribution >= 4 is 22.9 Å². The highest BCUT2D eigenvalue weighted by atomic mass is 32.1. The minimum absolute atomic E-state index is 0.188. The Kier molecular flexibility index (Phi) is 4.64. The molecule has 0 bridgehead atoms. The van der Waals surface area contributed by atoms with Gasteiger partial charge in [0.25, 0.3) is 5.91 Å². The van der Waals surface area contributed by atoms with Gasteiger partial charge in [0, 0.05) is 17.7 Å². The number of halogens is 2. The van der Waals surface area contributed by atoms with E-state index in [2.05, 4.69) is 5.32 Å². The summed E-state index contributed by atoms with van der Waals surface area (Å²) in [6.45, 7) is 0.436. The second-order valence-electron chi connectivity index (χ2n) is 5.70. The smallest absolute Gasteiger partial charge is 0.265 e. The fourth-order valence-electron chi connectivity index (χ4n) is 2.48. The molecule has 0 radical (unpaired) electrons. The number of fused-ring (bicyclic) bond motifs is 1. The maximum Gasteiger partial charge on any atom is 0.265 e. The molecule has 1 amide bonds. The maximum atomic E-state index is 13.6. The van der Waals surface area contributed by atoms with Gasteiger partial charge in [-0.1, -0.05) is 0 Å². The van der Waals surface area contributed by atoms with Crippen LogP contribution in [0.5, 0.6) is 17.2 Å². The van der Waals surface area contributed by atoms with E-state index in [0.717, 1.165) is 23.8 Å². The number of anilines is 1. The van der Waals surface area contributed by atoms with E-state index in [1.165, 1.54) is 11.3 Å². The minimum Gasteiger partial charge on any atom is -0.489 e. The molecule has 0 spiro atoms. The average Bonchev–Trinajstić information content (AvgIpc) is 3.31. The molecular formula is C19H13F2NO4S. The van der Waals surface area contributed by atoms with Crippen molar-refractivity contribution < 1.29 is 27.8 Å². The number of amides is 1. The third-order valence-electron chi connectivity index (χ3n) is 3.80. The number of nitrogens with one attached hydrogen (secondary N) is 1. The van der Waals surface area contributed by atoms with Crippen LogP contribution >= 0.6 is 11.3 Å². The van der Waals surface area contributed by atoms with Gasteiger partial charge in [0.2, 0.25) is 6.79 Å². The highest BCUT2D eigenvalue weighted by Gasteiger charge is 2.15. The van der Waals surface area contributed by atoms with Gasteiger partial charge in [-0.2, -0.15) is 0 Å². The first-order valence-corrected chi connectivity index (χ1v) is 8.83. The lowest BCUT2D eigenvalue weighted by Crippen LogP contribution is -2.11. The van der Waals surface area contributed by atoms with E-state index < -0.39 is 17.5 Å². The first-order chi connectivity index (χ1) is 13.1. The number of benzene rings is 2. The summed E-state index contributed by atoms with van der Waals surface area (Å²) in [5.74, 6) is 0.0527. The predicted molar refractivity (Wildman–Crippen MR) is 95.5 cm³/mol. The van der Waals surface area contributed by atoms with E-state index in [-0.39, 0.29) is 19.1 Å². The molecule has 1 aromatic heterocycles. The second kappa shape index (κ2) is 7.24. The van der Waals surface area contributed by atoms with Gasteiger partial charge in [0.15, 0.2) is 11.5 Å². The Morgan fingerprint density at radius 3 is 2.85 bits per heavy atom. The van der Waals surface area contributed by atoms with E-state index >= 15 is 0 Å². The highest BCUT2D eigenvalue weighted by molar-refractivity contribution is 7.12. The number of hydrogen-bond acceptors (Lipinski definition) is 5. The van der Waals surface area contributed by atoms with Crippen LogP contribution in [0.15, 0.2) is 47.8 Å². The van der Waals surface area contributed by atoms with Gasteiger partial charge in [-0.25, -0.2) is 8.78 Å². The Balaban J connectivity index is 1.39. The van der Waals surface area contributed by atoms with Crippen molar-refractivity contribution in [3.05, 3.63) is 69.9 Å². The molecule has 1 aliphatic rings. The normalized spacial score (nSPS) is 12.1. The molecule has 0 aliphatic carbocycles. The summed E-state index contributed by atoms with van der Waals surface area (Å²) in [5, 5.41) is 4.14. The summed E-state index contributed by atoms with van der Waals surface area (Å²) in [5.41, 5.74) is 0.578. The van der Waals surface area contributed by atoms with Gasteiger partial charge < -0.3 is 19.5 Å². The molecule has 0 saturated carbocycles. The van der Waals surface area contributed by atoms with Crippen molar-refractivity contribution in [2.75, 3.05) is 12.1 Å². The molecule has 27 heavy (non-hydrogen) atoms. The molecule has 5 nitrogen and oxygen atoms in total. The molecule has 1 aliphatic heterocycles. The Labute approximate surface area is 157 Å². The SMILES string of the molecule is O=C(Nc1cc(F)ccc1F)c1cc(COc2ccc3c(c2)OCO3)cs1. The third kappa shape index (κ3) is 3.85. The van der Waals surface area contributed by atoms with Crippen LogP contribution < -0.4 is 19.5 Å². The fourth-order valence-corrected chi connectivity index (χ4v) is 3.27. The van der Waals surface area contributed by atoms with Crippen LogP contribution in [0.2, 0.25) is 0 Å². The lowest BCUT2D eigenvalue weighted by atomic mass is 10.2. The van der Waals surface area contributed by atoms with Crippen LogP contribution in [0.25, 0.3) is 0 Å². The summed E-state index contributed by atoms with van der Waals surface area (Å²) in [6.07, 6.45) is 0. The minimum atomic E-state index is -0.701. The summed E-state index contributed by atoms with van der Waals surface area (Å²) in [7, 11) is 0.